The standard InChI is InChI=1S/C27H47N7O5.4ClH/c1-26(28,11-4-6-13-30-15-17-32-37)24(35)34(3)20-22-9-8-10-23(19-22)21-39-25(36)27(2,29)12-5-7-14-31-16-18-33-38;;;;/h8-10,17-19,30-31,37-38H,4-7,11-16,20-21,28-29H2,1-3H3;4*1H. The molecule has 1 amide bonds. The zero-order valence-electron chi connectivity index (χ0n) is 25.2. The third kappa shape index (κ3) is 20.6. The van der Waals surface area contributed by atoms with Crippen molar-refractivity contribution in [1.29, 1.82) is 0 Å². The van der Waals surface area contributed by atoms with Crippen molar-refractivity contribution in [2.45, 2.75) is 76.6 Å². The number of rotatable bonds is 20. The minimum Gasteiger partial charge on any atom is -0.459 e. The average molecular weight is 696 g/mol. The Labute approximate surface area is 280 Å². The number of carbonyl (C=O) groups excluding carboxylic acids is 2. The lowest BCUT2D eigenvalue weighted by molar-refractivity contribution is -0.151. The molecule has 0 aliphatic heterocycles. The van der Waals surface area contributed by atoms with Crippen LogP contribution in [0.25, 0.3) is 0 Å². The smallest absolute Gasteiger partial charge is 0.326 e. The first kappa shape index (κ1) is 48.0. The van der Waals surface area contributed by atoms with E-state index in [-0.39, 0.29) is 62.1 Å². The van der Waals surface area contributed by atoms with Gasteiger partial charge in [0.15, 0.2) is 0 Å². The second kappa shape index (κ2) is 26.5. The first-order valence-corrected chi connectivity index (χ1v) is 13.3. The van der Waals surface area contributed by atoms with Crippen LogP contribution in [0.5, 0.6) is 0 Å². The highest BCUT2D eigenvalue weighted by atomic mass is 35.5. The number of nitrogens with zero attached hydrogens (tertiary/aromatic N) is 3. The molecule has 0 aliphatic carbocycles. The Morgan fingerprint density at radius 2 is 1.37 bits per heavy atom. The number of likely N-dealkylation sites (N-methyl/N-ethyl adjacent to an activating group) is 1. The summed E-state index contributed by atoms with van der Waals surface area (Å²) in [6.07, 6.45) is 6.99. The maximum atomic E-state index is 13.0. The number of esters is 1. The van der Waals surface area contributed by atoms with Crippen LogP contribution >= 0.6 is 49.6 Å². The van der Waals surface area contributed by atoms with Crippen molar-refractivity contribution in [3.63, 3.8) is 0 Å². The molecule has 0 radical (unpaired) electrons. The molecule has 0 aromatic heterocycles. The van der Waals surface area contributed by atoms with E-state index in [1.54, 1.807) is 25.8 Å². The molecule has 0 bridgehead atoms. The molecule has 2 unspecified atom stereocenters. The van der Waals surface area contributed by atoms with Crippen LogP contribution in [0, 0.1) is 0 Å². The Hall–Kier alpha value is -1.90. The predicted octanol–water partition coefficient (Wildman–Crippen LogP) is 3.25. The van der Waals surface area contributed by atoms with Gasteiger partial charge in [-0.1, -0.05) is 24.3 Å². The highest BCUT2D eigenvalue weighted by Gasteiger charge is 2.31. The van der Waals surface area contributed by atoms with Gasteiger partial charge in [0, 0.05) is 26.7 Å². The summed E-state index contributed by atoms with van der Waals surface area (Å²) in [7, 11) is 1.73. The molecule has 12 nitrogen and oxygen atoms in total. The Bertz CT molecular complexity index is 941. The zero-order chi connectivity index (χ0) is 29.2. The molecule has 1 aromatic carbocycles. The topological polar surface area (TPSA) is 188 Å². The van der Waals surface area contributed by atoms with E-state index in [9.17, 15) is 9.59 Å². The number of oxime groups is 2. The maximum Gasteiger partial charge on any atom is 0.326 e. The summed E-state index contributed by atoms with van der Waals surface area (Å²) < 4.78 is 5.50. The number of benzene rings is 1. The second-order valence-corrected chi connectivity index (χ2v) is 10.3. The molecule has 2 atom stereocenters. The fraction of sp³-hybridized carbons (Fsp3) is 0.630. The van der Waals surface area contributed by atoms with E-state index in [1.807, 2.05) is 24.3 Å². The monoisotopic (exact) mass is 693 g/mol. The Balaban J connectivity index is -0.00000190. The van der Waals surface area contributed by atoms with Gasteiger partial charge in [-0.3, -0.25) is 9.59 Å². The average Bonchev–Trinajstić information content (AvgIpc) is 2.90. The van der Waals surface area contributed by atoms with Gasteiger partial charge in [0.05, 0.1) is 18.0 Å². The first-order valence-electron chi connectivity index (χ1n) is 13.3. The molecular weight excluding hydrogens is 644 g/mol. The Kier molecular flexibility index (Phi) is 29.6. The van der Waals surface area contributed by atoms with Crippen LogP contribution in [0.3, 0.4) is 0 Å². The molecule has 0 heterocycles. The van der Waals surface area contributed by atoms with Gasteiger partial charge in [-0.05, 0) is 76.6 Å². The highest BCUT2D eigenvalue weighted by Crippen LogP contribution is 2.18. The number of amides is 1. The van der Waals surface area contributed by atoms with Crippen molar-refractivity contribution in [3.05, 3.63) is 35.4 Å². The highest BCUT2D eigenvalue weighted by molar-refractivity contribution is 5.86. The van der Waals surface area contributed by atoms with Crippen LogP contribution in [-0.4, -0.2) is 83.9 Å². The molecule has 1 rings (SSSR count). The number of halogens is 4. The molecule has 1 aromatic rings. The predicted molar refractivity (Wildman–Crippen MR) is 181 cm³/mol. The van der Waals surface area contributed by atoms with Crippen LogP contribution in [0.4, 0.5) is 0 Å². The summed E-state index contributed by atoms with van der Waals surface area (Å²) in [6.45, 7) is 6.33. The summed E-state index contributed by atoms with van der Waals surface area (Å²) in [6, 6.07) is 7.55. The molecule has 8 N–H and O–H groups in total. The SMILES string of the molecule is CN(Cc1cccc(COC(=O)C(C)(N)CCCCNCC=NO)c1)C(=O)C(C)(N)CCCCNCC=NO.Cl.Cl.Cl.Cl. The summed E-state index contributed by atoms with van der Waals surface area (Å²) in [5, 5.41) is 28.8. The Morgan fingerprint density at radius 3 is 1.88 bits per heavy atom. The van der Waals surface area contributed by atoms with E-state index in [0.717, 1.165) is 49.9 Å². The van der Waals surface area contributed by atoms with Crippen LogP contribution in [-0.2, 0) is 27.5 Å². The third-order valence-corrected chi connectivity index (χ3v) is 6.32. The molecule has 0 fully saturated rings. The molecule has 0 saturated carbocycles. The van der Waals surface area contributed by atoms with Gasteiger partial charge in [0.25, 0.3) is 0 Å². The summed E-state index contributed by atoms with van der Waals surface area (Å²) in [5.41, 5.74) is 12.2. The largest absolute Gasteiger partial charge is 0.459 e. The molecule has 0 saturated heterocycles. The second-order valence-electron chi connectivity index (χ2n) is 10.3. The van der Waals surface area contributed by atoms with Crippen molar-refractivity contribution < 1.29 is 24.7 Å². The van der Waals surface area contributed by atoms with Crippen molar-refractivity contribution in [2.24, 2.45) is 21.8 Å². The van der Waals surface area contributed by atoms with Crippen molar-refractivity contribution in [3.8, 4) is 0 Å². The number of hydrogen-bond acceptors (Lipinski definition) is 11. The fourth-order valence-corrected chi connectivity index (χ4v) is 4.02. The van der Waals surface area contributed by atoms with Crippen molar-refractivity contribution in [1.82, 2.24) is 15.5 Å². The van der Waals surface area contributed by atoms with Gasteiger partial charge in [0.2, 0.25) is 5.91 Å². The van der Waals surface area contributed by atoms with E-state index >= 15 is 0 Å². The maximum absolute atomic E-state index is 13.0. The van der Waals surface area contributed by atoms with Crippen LogP contribution in [0.15, 0.2) is 34.6 Å². The number of carbonyl (C=O) groups is 2. The Morgan fingerprint density at radius 1 is 0.884 bits per heavy atom. The quantitative estimate of drug-likeness (QED) is 0.0392. The van der Waals surface area contributed by atoms with Gasteiger partial charge >= 0.3 is 5.97 Å². The molecule has 0 spiro atoms. The molecular formula is C27H51Cl4N7O5. The van der Waals surface area contributed by atoms with Crippen LogP contribution < -0.4 is 22.1 Å². The lowest BCUT2D eigenvalue weighted by Gasteiger charge is -2.29. The lowest BCUT2D eigenvalue weighted by Crippen LogP contribution is -2.51. The summed E-state index contributed by atoms with van der Waals surface area (Å²) in [5.74, 6) is -0.605. The van der Waals surface area contributed by atoms with Crippen LogP contribution in [0.2, 0.25) is 0 Å². The number of hydrogen-bond donors (Lipinski definition) is 6. The van der Waals surface area contributed by atoms with Gasteiger partial charge in [-0.15, -0.1) is 59.9 Å². The van der Waals surface area contributed by atoms with E-state index in [2.05, 4.69) is 20.9 Å². The number of ether oxygens (including phenoxy) is 1. The zero-order valence-corrected chi connectivity index (χ0v) is 28.5. The molecule has 16 heteroatoms. The number of unbranched alkanes of at least 4 members (excludes halogenated alkanes) is 2. The van der Waals surface area contributed by atoms with Crippen molar-refractivity contribution in [2.75, 3.05) is 33.2 Å². The molecule has 43 heavy (non-hydrogen) atoms. The third-order valence-electron chi connectivity index (χ3n) is 6.32. The minimum absolute atomic E-state index is 0. The van der Waals surface area contributed by atoms with Crippen LogP contribution in [0.1, 0.15) is 63.5 Å². The lowest BCUT2D eigenvalue weighted by atomic mass is 9.94. The number of nitrogens with two attached hydrogens (primary N) is 2. The van der Waals surface area contributed by atoms with Gasteiger partial charge < -0.3 is 42.2 Å². The van der Waals surface area contributed by atoms with E-state index in [0.29, 0.717) is 32.5 Å². The summed E-state index contributed by atoms with van der Waals surface area (Å²) >= 11 is 0. The van der Waals surface area contributed by atoms with E-state index in [1.165, 1.54) is 12.4 Å². The van der Waals surface area contributed by atoms with Gasteiger partial charge in [-0.2, -0.15) is 0 Å². The molecule has 0 aliphatic rings. The minimum atomic E-state index is -1.09. The van der Waals surface area contributed by atoms with E-state index in [4.69, 9.17) is 26.6 Å². The summed E-state index contributed by atoms with van der Waals surface area (Å²) in [4.78, 5) is 27.2. The molecule has 252 valence electrons. The van der Waals surface area contributed by atoms with Gasteiger partial charge in [-0.25, -0.2) is 0 Å². The van der Waals surface area contributed by atoms with Gasteiger partial charge in [0.1, 0.15) is 12.1 Å². The first-order chi connectivity index (χ1) is 18.5. The normalized spacial score (nSPS) is 13.4. The fourth-order valence-electron chi connectivity index (χ4n) is 4.02. The van der Waals surface area contributed by atoms with E-state index < -0.39 is 17.0 Å². The number of nitrogens with one attached hydrogen (secondary N) is 2. The van der Waals surface area contributed by atoms with Crippen molar-refractivity contribution >= 4 is 73.9 Å².